The Labute approximate surface area is 141 Å². The molecule has 1 unspecified atom stereocenters. The molecular weight excluding hydrogens is 380 g/mol. The molecule has 2 nitrogen and oxygen atoms in total. The van der Waals surface area contributed by atoms with Gasteiger partial charge in [-0.15, -0.1) is 0 Å². The van der Waals surface area contributed by atoms with Gasteiger partial charge in [-0.1, -0.05) is 29.3 Å². The highest BCUT2D eigenvalue weighted by Gasteiger charge is 2.11. The molecule has 0 fully saturated rings. The first kappa shape index (κ1) is 16.6. The first-order valence-electron chi connectivity index (χ1n) is 6.23. The van der Waals surface area contributed by atoms with Crippen LogP contribution in [-0.4, -0.2) is 6.04 Å². The molecule has 0 aromatic heterocycles. The van der Waals surface area contributed by atoms with Crippen LogP contribution >= 0.6 is 39.1 Å². The lowest BCUT2D eigenvalue weighted by Gasteiger charge is -2.11. The number of halogens is 4. The van der Waals surface area contributed by atoms with Crippen LogP contribution in [0.2, 0.25) is 10.0 Å². The maximum absolute atomic E-state index is 14.0. The van der Waals surface area contributed by atoms with Crippen LogP contribution < -0.4 is 10.5 Å². The van der Waals surface area contributed by atoms with Crippen LogP contribution in [0.5, 0.6) is 11.5 Å². The molecule has 21 heavy (non-hydrogen) atoms. The summed E-state index contributed by atoms with van der Waals surface area (Å²) in [5.41, 5.74) is 6.51. The van der Waals surface area contributed by atoms with Crippen LogP contribution in [-0.2, 0) is 6.42 Å². The fourth-order valence-corrected chi connectivity index (χ4v) is 2.66. The average molecular weight is 393 g/mol. The Morgan fingerprint density at radius 1 is 1.19 bits per heavy atom. The lowest BCUT2D eigenvalue weighted by atomic mass is 10.1. The number of hydrogen-bond donors (Lipinski definition) is 1. The SMILES string of the molecule is CC(N)Cc1ccc(Oc2cc(Cl)c(Br)cc2Cl)c(F)c1. The van der Waals surface area contributed by atoms with Gasteiger partial charge in [0.1, 0.15) is 5.75 Å². The molecule has 0 aliphatic heterocycles. The van der Waals surface area contributed by atoms with Crippen molar-refractivity contribution in [1.29, 1.82) is 0 Å². The van der Waals surface area contributed by atoms with Gasteiger partial charge in [0, 0.05) is 16.6 Å². The monoisotopic (exact) mass is 391 g/mol. The van der Waals surface area contributed by atoms with Crippen molar-refractivity contribution in [2.45, 2.75) is 19.4 Å². The predicted octanol–water partition coefficient (Wildman–Crippen LogP) is 5.58. The highest BCUT2D eigenvalue weighted by molar-refractivity contribution is 9.10. The maximum Gasteiger partial charge on any atom is 0.165 e. The largest absolute Gasteiger partial charge is 0.453 e. The third-order valence-electron chi connectivity index (χ3n) is 2.75. The summed E-state index contributed by atoms with van der Waals surface area (Å²) in [5.74, 6) is -0.0873. The van der Waals surface area contributed by atoms with Crippen LogP contribution in [0.15, 0.2) is 34.8 Å². The molecule has 0 saturated carbocycles. The van der Waals surface area contributed by atoms with E-state index in [2.05, 4.69) is 15.9 Å². The van der Waals surface area contributed by atoms with Gasteiger partial charge in [0.25, 0.3) is 0 Å². The van der Waals surface area contributed by atoms with Gasteiger partial charge in [0.15, 0.2) is 11.6 Å². The second-order valence-corrected chi connectivity index (χ2v) is 6.41. The minimum Gasteiger partial charge on any atom is -0.453 e. The molecule has 0 radical (unpaired) electrons. The van der Waals surface area contributed by atoms with Gasteiger partial charge in [-0.25, -0.2) is 4.39 Å². The van der Waals surface area contributed by atoms with Crippen LogP contribution in [0.25, 0.3) is 0 Å². The Balaban J connectivity index is 2.26. The summed E-state index contributed by atoms with van der Waals surface area (Å²) in [6.07, 6.45) is 0.599. The van der Waals surface area contributed by atoms with Crippen molar-refractivity contribution in [2.75, 3.05) is 0 Å². The molecule has 0 aliphatic rings. The molecular formula is C15H13BrCl2FNO. The zero-order chi connectivity index (χ0) is 15.6. The van der Waals surface area contributed by atoms with Crippen LogP contribution in [0, 0.1) is 5.82 Å². The smallest absolute Gasteiger partial charge is 0.165 e. The molecule has 6 heteroatoms. The van der Waals surface area contributed by atoms with E-state index in [4.69, 9.17) is 33.7 Å². The second-order valence-electron chi connectivity index (χ2n) is 4.74. The zero-order valence-electron chi connectivity index (χ0n) is 11.2. The lowest BCUT2D eigenvalue weighted by Crippen LogP contribution is -2.17. The zero-order valence-corrected chi connectivity index (χ0v) is 14.3. The molecule has 0 heterocycles. The molecule has 0 spiro atoms. The van der Waals surface area contributed by atoms with Crippen molar-refractivity contribution in [2.24, 2.45) is 5.73 Å². The summed E-state index contributed by atoms with van der Waals surface area (Å²) >= 11 is 15.3. The van der Waals surface area contributed by atoms with E-state index in [1.165, 1.54) is 12.1 Å². The quantitative estimate of drug-likeness (QED) is 0.689. The molecule has 2 N–H and O–H groups in total. The Morgan fingerprint density at radius 2 is 1.90 bits per heavy atom. The van der Waals surface area contributed by atoms with Crippen LogP contribution in [0.4, 0.5) is 4.39 Å². The predicted molar refractivity (Wildman–Crippen MR) is 88.0 cm³/mol. The Morgan fingerprint density at radius 3 is 2.52 bits per heavy atom. The van der Waals surface area contributed by atoms with Gasteiger partial charge in [-0.05, 0) is 53.0 Å². The van der Waals surface area contributed by atoms with E-state index in [9.17, 15) is 4.39 Å². The van der Waals surface area contributed by atoms with E-state index in [0.717, 1.165) is 5.56 Å². The van der Waals surface area contributed by atoms with Crippen molar-refractivity contribution in [3.63, 3.8) is 0 Å². The Kier molecular flexibility index (Phi) is 5.49. The first-order chi connectivity index (χ1) is 9.86. The van der Waals surface area contributed by atoms with Crippen molar-refractivity contribution in [1.82, 2.24) is 0 Å². The number of ether oxygens (including phenoxy) is 1. The van der Waals surface area contributed by atoms with E-state index in [1.807, 2.05) is 6.92 Å². The van der Waals surface area contributed by atoms with Crippen LogP contribution in [0.3, 0.4) is 0 Å². The third kappa shape index (κ3) is 4.33. The second kappa shape index (κ2) is 6.97. The average Bonchev–Trinajstić information content (AvgIpc) is 2.38. The minimum atomic E-state index is -0.469. The molecule has 0 aliphatic carbocycles. The molecule has 1 atom stereocenters. The normalized spacial score (nSPS) is 12.3. The van der Waals surface area contributed by atoms with Gasteiger partial charge in [-0.3, -0.25) is 0 Å². The summed E-state index contributed by atoms with van der Waals surface area (Å²) in [6, 6.07) is 7.84. The Bertz CT molecular complexity index is 664. The molecule has 2 aromatic carbocycles. The number of hydrogen-bond acceptors (Lipinski definition) is 2. The topological polar surface area (TPSA) is 35.2 Å². The Hall–Kier alpha value is -0.810. The van der Waals surface area contributed by atoms with E-state index >= 15 is 0 Å². The summed E-state index contributed by atoms with van der Waals surface area (Å²) in [6.45, 7) is 1.87. The van der Waals surface area contributed by atoms with Crippen molar-refractivity contribution >= 4 is 39.1 Å². The van der Waals surface area contributed by atoms with Crippen molar-refractivity contribution in [3.05, 3.63) is 56.2 Å². The fraction of sp³-hybridized carbons (Fsp3) is 0.200. The molecule has 0 amide bonds. The highest BCUT2D eigenvalue weighted by atomic mass is 79.9. The van der Waals surface area contributed by atoms with E-state index < -0.39 is 5.82 Å². The fourth-order valence-electron chi connectivity index (χ4n) is 1.83. The van der Waals surface area contributed by atoms with Gasteiger partial charge < -0.3 is 10.5 Å². The molecule has 2 aromatic rings. The van der Waals surface area contributed by atoms with Gasteiger partial charge in [0.2, 0.25) is 0 Å². The summed E-state index contributed by atoms with van der Waals surface area (Å²) in [5, 5.41) is 0.772. The van der Waals surface area contributed by atoms with Gasteiger partial charge in [-0.2, -0.15) is 0 Å². The molecule has 2 rings (SSSR count). The minimum absolute atomic E-state index is 0.0316. The lowest BCUT2D eigenvalue weighted by molar-refractivity contribution is 0.441. The van der Waals surface area contributed by atoms with Crippen molar-refractivity contribution in [3.8, 4) is 11.5 Å². The summed E-state index contributed by atoms with van der Waals surface area (Å²) in [4.78, 5) is 0. The summed E-state index contributed by atoms with van der Waals surface area (Å²) < 4.78 is 20.2. The summed E-state index contributed by atoms with van der Waals surface area (Å²) in [7, 11) is 0. The molecule has 0 bridgehead atoms. The van der Waals surface area contributed by atoms with E-state index in [0.29, 0.717) is 26.7 Å². The standard InChI is InChI=1S/C15H13BrCl2FNO/c1-8(20)4-9-2-3-14(13(19)5-9)21-15-7-11(17)10(16)6-12(15)18/h2-3,5-8H,4,20H2,1H3. The van der Waals surface area contributed by atoms with E-state index in [1.54, 1.807) is 18.2 Å². The highest BCUT2D eigenvalue weighted by Crippen LogP contribution is 2.37. The third-order valence-corrected chi connectivity index (χ3v) is 4.24. The maximum atomic E-state index is 14.0. The molecule has 112 valence electrons. The van der Waals surface area contributed by atoms with Gasteiger partial charge >= 0.3 is 0 Å². The van der Waals surface area contributed by atoms with Crippen LogP contribution in [0.1, 0.15) is 12.5 Å². The van der Waals surface area contributed by atoms with Crippen molar-refractivity contribution < 1.29 is 9.13 Å². The first-order valence-corrected chi connectivity index (χ1v) is 7.78. The number of rotatable bonds is 4. The number of nitrogens with two attached hydrogens (primary N) is 1. The van der Waals surface area contributed by atoms with E-state index in [-0.39, 0.29) is 11.8 Å². The molecule has 0 saturated heterocycles. The van der Waals surface area contributed by atoms with Gasteiger partial charge in [0.05, 0.1) is 10.0 Å². The number of benzene rings is 2.